The van der Waals surface area contributed by atoms with Gasteiger partial charge in [-0.25, -0.2) is 9.78 Å². The fourth-order valence-corrected chi connectivity index (χ4v) is 2.08. The summed E-state index contributed by atoms with van der Waals surface area (Å²) in [5, 5.41) is 3.21. The summed E-state index contributed by atoms with van der Waals surface area (Å²) in [5.41, 5.74) is 0.523. The Labute approximate surface area is 147 Å². The molecule has 5 nitrogen and oxygen atoms in total. The van der Waals surface area contributed by atoms with Gasteiger partial charge in [0, 0.05) is 6.20 Å². The maximum absolute atomic E-state index is 12.0. The van der Waals surface area contributed by atoms with E-state index in [1.807, 2.05) is 0 Å². The molecule has 0 aliphatic heterocycles. The van der Waals surface area contributed by atoms with Crippen molar-refractivity contribution in [3.63, 3.8) is 0 Å². The molecular formula is C15H11Cl3N2O3. The SMILES string of the molecule is C[C@@H](OC(=O)c1ccc(Cl)c(Cl)c1)C(=O)Nc1cccnc1Cl. The summed E-state index contributed by atoms with van der Waals surface area (Å²) in [6.45, 7) is 1.44. The van der Waals surface area contributed by atoms with Gasteiger partial charge in [0.05, 0.1) is 21.3 Å². The molecule has 1 amide bonds. The first kappa shape index (κ1) is 17.5. The minimum Gasteiger partial charge on any atom is -0.449 e. The Hall–Kier alpha value is -1.82. The molecule has 8 heteroatoms. The smallest absolute Gasteiger partial charge is 0.338 e. The molecule has 2 rings (SSSR count). The number of amides is 1. The molecule has 0 radical (unpaired) electrons. The first-order valence-electron chi connectivity index (χ1n) is 6.46. The van der Waals surface area contributed by atoms with Gasteiger partial charge in [-0.2, -0.15) is 0 Å². The first-order valence-corrected chi connectivity index (χ1v) is 7.59. The van der Waals surface area contributed by atoms with Crippen molar-refractivity contribution in [2.75, 3.05) is 5.32 Å². The second-order valence-corrected chi connectivity index (χ2v) is 5.68. The number of hydrogen-bond acceptors (Lipinski definition) is 4. The zero-order valence-corrected chi connectivity index (χ0v) is 14.1. The van der Waals surface area contributed by atoms with Crippen molar-refractivity contribution in [1.29, 1.82) is 0 Å². The molecule has 2 aromatic rings. The van der Waals surface area contributed by atoms with E-state index in [-0.39, 0.29) is 15.7 Å². The maximum atomic E-state index is 12.0. The third-order valence-corrected chi connectivity index (χ3v) is 3.87. The van der Waals surface area contributed by atoms with Crippen LogP contribution in [0.4, 0.5) is 5.69 Å². The van der Waals surface area contributed by atoms with E-state index in [1.54, 1.807) is 12.1 Å². The molecule has 1 atom stereocenters. The van der Waals surface area contributed by atoms with Crippen LogP contribution in [-0.4, -0.2) is 23.0 Å². The number of aromatic nitrogens is 1. The van der Waals surface area contributed by atoms with Gasteiger partial charge in [-0.1, -0.05) is 34.8 Å². The number of esters is 1. The number of nitrogens with zero attached hydrogens (tertiary/aromatic N) is 1. The lowest BCUT2D eigenvalue weighted by Gasteiger charge is -2.14. The Morgan fingerprint density at radius 3 is 2.57 bits per heavy atom. The first-order chi connectivity index (χ1) is 10.9. The van der Waals surface area contributed by atoms with Gasteiger partial charge in [-0.05, 0) is 37.3 Å². The average Bonchev–Trinajstić information content (AvgIpc) is 2.52. The monoisotopic (exact) mass is 372 g/mol. The molecule has 1 aromatic carbocycles. The predicted molar refractivity (Wildman–Crippen MR) is 89.2 cm³/mol. The molecule has 0 unspecified atom stereocenters. The molecule has 0 saturated heterocycles. The molecule has 120 valence electrons. The van der Waals surface area contributed by atoms with Crippen LogP contribution in [0.1, 0.15) is 17.3 Å². The van der Waals surface area contributed by atoms with Crippen LogP contribution >= 0.6 is 34.8 Å². The van der Waals surface area contributed by atoms with Gasteiger partial charge >= 0.3 is 5.97 Å². The van der Waals surface area contributed by atoms with Crippen molar-refractivity contribution in [3.05, 3.63) is 57.3 Å². The molecule has 0 bridgehead atoms. The minimum atomic E-state index is -1.03. The molecule has 1 N–H and O–H groups in total. The summed E-state index contributed by atoms with van der Waals surface area (Å²) in [6.07, 6.45) is 0.458. The maximum Gasteiger partial charge on any atom is 0.338 e. The largest absolute Gasteiger partial charge is 0.449 e. The van der Waals surface area contributed by atoms with Crippen LogP contribution in [0, 0.1) is 0 Å². The standard InChI is InChI=1S/C15H11Cl3N2O3/c1-8(14(21)20-12-3-2-6-19-13(12)18)23-15(22)9-4-5-10(16)11(17)7-9/h2-8H,1H3,(H,20,21)/t8-/m1/s1. The van der Waals surface area contributed by atoms with E-state index in [2.05, 4.69) is 10.3 Å². The van der Waals surface area contributed by atoms with Crippen LogP contribution in [-0.2, 0) is 9.53 Å². The Kier molecular flexibility index (Phi) is 5.82. The molecular weight excluding hydrogens is 363 g/mol. The third-order valence-electron chi connectivity index (χ3n) is 2.83. The third kappa shape index (κ3) is 4.58. The Morgan fingerprint density at radius 2 is 1.91 bits per heavy atom. The number of anilines is 1. The summed E-state index contributed by atoms with van der Waals surface area (Å²) < 4.78 is 5.09. The lowest BCUT2D eigenvalue weighted by Crippen LogP contribution is -2.30. The second kappa shape index (κ2) is 7.64. The van der Waals surface area contributed by atoms with Gasteiger partial charge in [0.2, 0.25) is 0 Å². The molecule has 1 aromatic heterocycles. The highest BCUT2D eigenvalue weighted by Crippen LogP contribution is 2.23. The molecule has 0 saturated carbocycles. The number of carbonyl (C=O) groups excluding carboxylic acids is 2. The van der Waals surface area contributed by atoms with Crippen molar-refractivity contribution < 1.29 is 14.3 Å². The van der Waals surface area contributed by atoms with E-state index in [4.69, 9.17) is 39.5 Å². The van der Waals surface area contributed by atoms with E-state index in [0.29, 0.717) is 10.7 Å². The predicted octanol–water partition coefficient (Wildman–Crippen LogP) is 4.23. The van der Waals surface area contributed by atoms with Gasteiger partial charge < -0.3 is 10.1 Å². The summed E-state index contributed by atoms with van der Waals surface area (Å²) in [6, 6.07) is 7.50. The van der Waals surface area contributed by atoms with Crippen molar-refractivity contribution in [3.8, 4) is 0 Å². The van der Waals surface area contributed by atoms with E-state index in [0.717, 1.165) is 0 Å². The minimum absolute atomic E-state index is 0.142. The summed E-state index contributed by atoms with van der Waals surface area (Å²) in [4.78, 5) is 27.9. The summed E-state index contributed by atoms with van der Waals surface area (Å²) in [7, 11) is 0. The van der Waals surface area contributed by atoms with Crippen LogP contribution in [0.15, 0.2) is 36.5 Å². The zero-order valence-electron chi connectivity index (χ0n) is 11.8. The topological polar surface area (TPSA) is 68.3 Å². The van der Waals surface area contributed by atoms with Crippen LogP contribution < -0.4 is 5.32 Å². The molecule has 0 aliphatic carbocycles. The van der Waals surface area contributed by atoms with Gasteiger partial charge in [0.15, 0.2) is 11.3 Å². The number of benzene rings is 1. The van der Waals surface area contributed by atoms with Crippen LogP contribution in [0.2, 0.25) is 15.2 Å². The van der Waals surface area contributed by atoms with Crippen molar-refractivity contribution in [1.82, 2.24) is 4.98 Å². The highest BCUT2D eigenvalue weighted by molar-refractivity contribution is 6.42. The number of pyridine rings is 1. The molecule has 1 heterocycles. The van der Waals surface area contributed by atoms with Gasteiger partial charge in [0.1, 0.15) is 0 Å². The lowest BCUT2D eigenvalue weighted by atomic mass is 10.2. The van der Waals surface area contributed by atoms with Gasteiger partial charge in [0.25, 0.3) is 5.91 Å². The highest BCUT2D eigenvalue weighted by atomic mass is 35.5. The van der Waals surface area contributed by atoms with Gasteiger partial charge in [-0.3, -0.25) is 4.79 Å². The fraction of sp³-hybridized carbons (Fsp3) is 0.133. The van der Waals surface area contributed by atoms with E-state index in [1.165, 1.54) is 31.3 Å². The Morgan fingerprint density at radius 1 is 1.17 bits per heavy atom. The molecule has 23 heavy (non-hydrogen) atoms. The second-order valence-electron chi connectivity index (χ2n) is 4.51. The van der Waals surface area contributed by atoms with Crippen LogP contribution in [0.25, 0.3) is 0 Å². The molecule has 0 aliphatic rings. The van der Waals surface area contributed by atoms with E-state index >= 15 is 0 Å². The lowest BCUT2D eigenvalue weighted by molar-refractivity contribution is -0.123. The number of hydrogen-bond donors (Lipinski definition) is 1. The molecule has 0 spiro atoms. The Balaban J connectivity index is 2.01. The average molecular weight is 374 g/mol. The number of halogens is 3. The number of ether oxygens (including phenoxy) is 1. The van der Waals surface area contributed by atoms with Crippen LogP contribution in [0.3, 0.4) is 0 Å². The fourth-order valence-electron chi connectivity index (χ4n) is 1.62. The normalized spacial score (nSPS) is 11.7. The number of nitrogens with one attached hydrogen (secondary N) is 1. The summed E-state index contributed by atoms with van der Waals surface area (Å²) in [5.74, 6) is -1.23. The highest BCUT2D eigenvalue weighted by Gasteiger charge is 2.20. The van der Waals surface area contributed by atoms with Gasteiger partial charge in [-0.15, -0.1) is 0 Å². The quantitative estimate of drug-likeness (QED) is 0.643. The molecule has 0 fully saturated rings. The number of rotatable bonds is 4. The van der Waals surface area contributed by atoms with E-state index in [9.17, 15) is 9.59 Å². The van der Waals surface area contributed by atoms with Crippen molar-refractivity contribution in [2.24, 2.45) is 0 Å². The van der Waals surface area contributed by atoms with Crippen molar-refractivity contribution >= 4 is 52.4 Å². The zero-order chi connectivity index (χ0) is 17.0. The van der Waals surface area contributed by atoms with Crippen LogP contribution in [0.5, 0.6) is 0 Å². The summed E-state index contributed by atoms with van der Waals surface area (Å²) >= 11 is 17.5. The van der Waals surface area contributed by atoms with E-state index < -0.39 is 18.0 Å². The Bertz CT molecular complexity index is 752. The number of carbonyl (C=O) groups is 2. The van der Waals surface area contributed by atoms with Crippen molar-refractivity contribution in [2.45, 2.75) is 13.0 Å².